The van der Waals surface area contributed by atoms with E-state index in [0.717, 1.165) is 36.6 Å². The molecule has 3 aromatic rings. The molecule has 3 aromatic carbocycles. The first kappa shape index (κ1) is 29.6. The summed E-state index contributed by atoms with van der Waals surface area (Å²) in [7, 11) is 0. The molecule has 0 saturated carbocycles. The molecular formula is C32H38ClN3O4. The van der Waals surface area contributed by atoms with Crippen LogP contribution < -0.4 is 4.90 Å². The quantitative estimate of drug-likeness (QED) is 0.256. The number of halogens is 1. The van der Waals surface area contributed by atoms with Gasteiger partial charge in [0.25, 0.3) is 5.91 Å². The van der Waals surface area contributed by atoms with E-state index in [9.17, 15) is 9.59 Å². The predicted molar refractivity (Wildman–Crippen MR) is 159 cm³/mol. The van der Waals surface area contributed by atoms with E-state index < -0.39 is 6.09 Å². The van der Waals surface area contributed by atoms with Gasteiger partial charge in [0.05, 0.1) is 0 Å². The summed E-state index contributed by atoms with van der Waals surface area (Å²) in [6.07, 6.45) is 1.22. The Kier molecular flexibility index (Phi) is 11.4. The molecule has 0 unspecified atom stereocenters. The average molecular weight is 564 g/mol. The van der Waals surface area contributed by atoms with Crippen molar-refractivity contribution >= 4 is 29.3 Å². The minimum atomic E-state index is -0.422. The van der Waals surface area contributed by atoms with E-state index in [-0.39, 0.29) is 12.5 Å². The third-order valence-electron chi connectivity index (χ3n) is 7.02. The summed E-state index contributed by atoms with van der Waals surface area (Å²) < 4.78 is 11.1. The van der Waals surface area contributed by atoms with Gasteiger partial charge < -0.3 is 14.4 Å². The maximum Gasteiger partial charge on any atom is 0.414 e. The van der Waals surface area contributed by atoms with Gasteiger partial charge in [-0.05, 0) is 67.3 Å². The summed E-state index contributed by atoms with van der Waals surface area (Å²) in [5.74, 6) is 0.0125. The summed E-state index contributed by atoms with van der Waals surface area (Å²) in [5.41, 5.74) is 3.50. The molecule has 4 rings (SSSR count). The second-order valence-corrected chi connectivity index (χ2v) is 10.2. The average Bonchev–Trinajstić information content (AvgIpc) is 3.00. The lowest BCUT2D eigenvalue weighted by atomic mass is 10.1. The molecule has 0 bridgehead atoms. The topological polar surface area (TPSA) is 62.3 Å². The highest BCUT2D eigenvalue weighted by molar-refractivity contribution is 6.30. The highest BCUT2D eigenvalue weighted by atomic mass is 35.5. The van der Waals surface area contributed by atoms with Gasteiger partial charge in [-0.15, -0.1) is 0 Å². The first-order valence-corrected chi connectivity index (χ1v) is 14.3. The highest BCUT2D eigenvalue weighted by Crippen LogP contribution is 2.20. The van der Waals surface area contributed by atoms with E-state index in [2.05, 4.69) is 17.0 Å². The van der Waals surface area contributed by atoms with Gasteiger partial charge in [-0.1, -0.05) is 54.1 Å². The number of nitrogens with zero attached hydrogens (tertiary/aromatic N) is 3. The summed E-state index contributed by atoms with van der Waals surface area (Å²) in [5, 5.41) is 0.751. The van der Waals surface area contributed by atoms with Crippen molar-refractivity contribution in [3.05, 3.63) is 101 Å². The fourth-order valence-electron chi connectivity index (χ4n) is 4.67. The molecule has 8 heteroatoms. The Bertz CT molecular complexity index is 1200. The number of rotatable bonds is 12. The van der Waals surface area contributed by atoms with Gasteiger partial charge in [0.2, 0.25) is 0 Å². The number of hydrogen-bond donors (Lipinski definition) is 0. The minimum absolute atomic E-state index is 0.0125. The molecule has 7 nitrogen and oxygen atoms in total. The Balaban J connectivity index is 1.31. The van der Waals surface area contributed by atoms with Crippen LogP contribution in [0.3, 0.4) is 0 Å². The molecule has 0 N–H and O–H groups in total. The molecule has 1 aliphatic heterocycles. The predicted octanol–water partition coefficient (Wildman–Crippen LogP) is 5.91. The van der Waals surface area contributed by atoms with Crippen molar-refractivity contribution in [1.29, 1.82) is 0 Å². The van der Waals surface area contributed by atoms with Gasteiger partial charge in [0.1, 0.15) is 6.61 Å². The van der Waals surface area contributed by atoms with Gasteiger partial charge in [-0.25, -0.2) is 4.79 Å². The van der Waals surface area contributed by atoms with E-state index >= 15 is 0 Å². The largest absolute Gasteiger partial charge is 0.444 e. The van der Waals surface area contributed by atoms with Gasteiger partial charge in [0, 0.05) is 68.8 Å². The normalized spacial score (nSPS) is 13.7. The molecule has 212 valence electrons. The second kappa shape index (κ2) is 15.4. The van der Waals surface area contributed by atoms with Gasteiger partial charge in [0.15, 0.2) is 0 Å². The van der Waals surface area contributed by atoms with Crippen molar-refractivity contribution in [2.75, 3.05) is 57.4 Å². The Morgan fingerprint density at radius 1 is 0.875 bits per heavy atom. The summed E-state index contributed by atoms with van der Waals surface area (Å²) in [6.45, 7) is 7.82. The van der Waals surface area contributed by atoms with Crippen molar-refractivity contribution in [3.8, 4) is 0 Å². The number of carbonyl (C=O) groups is 2. The molecule has 1 heterocycles. The standard InChI is InChI=1S/C32H38ClN3O4/c1-2-39-24-6-18-36(32(38)40-25-27-7-4-3-5-8-27)30-15-11-28(12-16-30)31(37)35-22-20-34(21-23-35)19-17-26-9-13-29(33)14-10-26/h3-5,7-16H,2,6,17-25H2,1H3. The number of benzene rings is 3. The molecule has 1 aliphatic rings. The van der Waals surface area contributed by atoms with E-state index in [1.54, 1.807) is 17.0 Å². The monoisotopic (exact) mass is 563 g/mol. The maximum atomic E-state index is 13.2. The van der Waals surface area contributed by atoms with Crippen LogP contribution in [-0.2, 0) is 22.5 Å². The Hall–Kier alpha value is -3.39. The fraction of sp³-hybridized carbons (Fsp3) is 0.375. The van der Waals surface area contributed by atoms with Crippen molar-refractivity contribution in [1.82, 2.24) is 9.80 Å². The molecule has 0 aliphatic carbocycles. The fourth-order valence-corrected chi connectivity index (χ4v) is 4.80. The number of amides is 2. The van der Waals surface area contributed by atoms with Crippen LogP contribution >= 0.6 is 11.6 Å². The molecule has 2 amide bonds. The molecule has 40 heavy (non-hydrogen) atoms. The van der Waals surface area contributed by atoms with Crippen LogP contribution in [0.1, 0.15) is 34.8 Å². The Morgan fingerprint density at radius 3 is 2.25 bits per heavy atom. The Morgan fingerprint density at radius 2 is 1.57 bits per heavy atom. The van der Waals surface area contributed by atoms with Crippen molar-refractivity contribution in [3.63, 3.8) is 0 Å². The summed E-state index contributed by atoms with van der Waals surface area (Å²) >= 11 is 5.98. The first-order chi connectivity index (χ1) is 19.5. The van der Waals surface area contributed by atoms with Gasteiger partial charge in [-0.3, -0.25) is 14.6 Å². The molecule has 0 spiro atoms. The highest BCUT2D eigenvalue weighted by Gasteiger charge is 2.23. The molecule has 1 saturated heterocycles. The van der Waals surface area contributed by atoms with Crippen molar-refractivity contribution in [2.45, 2.75) is 26.4 Å². The number of carbonyl (C=O) groups excluding carboxylic acids is 2. The van der Waals surface area contributed by atoms with Crippen LogP contribution in [0.5, 0.6) is 0 Å². The second-order valence-electron chi connectivity index (χ2n) is 9.80. The molecule has 0 atom stereocenters. The molecule has 0 radical (unpaired) electrons. The lowest BCUT2D eigenvalue weighted by Gasteiger charge is -2.35. The van der Waals surface area contributed by atoms with Gasteiger partial charge >= 0.3 is 6.09 Å². The third kappa shape index (κ3) is 8.81. The zero-order valence-corrected chi connectivity index (χ0v) is 23.9. The lowest BCUT2D eigenvalue weighted by Crippen LogP contribution is -2.49. The summed E-state index contributed by atoms with van der Waals surface area (Å²) in [6, 6.07) is 24.8. The zero-order valence-electron chi connectivity index (χ0n) is 23.1. The number of piperazine rings is 1. The SMILES string of the molecule is CCOCCCN(C(=O)OCc1ccccc1)c1ccc(C(=O)N2CCN(CCc3ccc(Cl)cc3)CC2)cc1. The van der Waals surface area contributed by atoms with E-state index in [4.69, 9.17) is 21.1 Å². The van der Waals surface area contributed by atoms with Crippen molar-refractivity contribution < 1.29 is 19.1 Å². The van der Waals surface area contributed by atoms with Crippen LogP contribution in [-0.4, -0.2) is 74.3 Å². The molecule has 1 fully saturated rings. The van der Waals surface area contributed by atoms with Crippen LogP contribution in [0, 0.1) is 0 Å². The zero-order chi connectivity index (χ0) is 28.2. The summed E-state index contributed by atoms with van der Waals surface area (Å²) in [4.78, 5) is 32.1. The minimum Gasteiger partial charge on any atom is -0.444 e. The third-order valence-corrected chi connectivity index (χ3v) is 7.27. The number of ether oxygens (including phenoxy) is 2. The van der Waals surface area contributed by atoms with Crippen LogP contribution in [0.4, 0.5) is 10.5 Å². The number of hydrogen-bond acceptors (Lipinski definition) is 5. The van der Waals surface area contributed by atoms with E-state index in [1.165, 1.54) is 5.56 Å². The maximum absolute atomic E-state index is 13.2. The lowest BCUT2D eigenvalue weighted by molar-refractivity contribution is 0.0638. The first-order valence-electron chi connectivity index (χ1n) is 14.0. The van der Waals surface area contributed by atoms with Crippen LogP contribution in [0.15, 0.2) is 78.9 Å². The van der Waals surface area contributed by atoms with Crippen molar-refractivity contribution in [2.24, 2.45) is 0 Å². The van der Waals surface area contributed by atoms with Crippen LogP contribution in [0.2, 0.25) is 5.02 Å². The molecular weight excluding hydrogens is 526 g/mol. The van der Waals surface area contributed by atoms with E-state index in [1.807, 2.05) is 66.4 Å². The Labute approximate surface area is 242 Å². The van der Waals surface area contributed by atoms with Crippen LogP contribution in [0.25, 0.3) is 0 Å². The van der Waals surface area contributed by atoms with E-state index in [0.29, 0.717) is 50.5 Å². The van der Waals surface area contributed by atoms with Gasteiger partial charge in [-0.2, -0.15) is 0 Å². The molecule has 0 aromatic heterocycles. The smallest absolute Gasteiger partial charge is 0.414 e. The number of anilines is 1.